The van der Waals surface area contributed by atoms with Crippen molar-refractivity contribution < 1.29 is 4.74 Å². The number of nitrogens with two attached hydrogens (primary N) is 1. The fourth-order valence-electron chi connectivity index (χ4n) is 1.58. The number of nitrogens with zero attached hydrogens (tertiary/aromatic N) is 2. The molecule has 0 bridgehead atoms. The van der Waals surface area contributed by atoms with E-state index in [0.717, 1.165) is 36.0 Å². The van der Waals surface area contributed by atoms with Crippen molar-refractivity contribution >= 4 is 17.2 Å². The minimum Gasteiger partial charge on any atom is -0.484 e. The lowest BCUT2D eigenvalue weighted by atomic mass is 10.2. The van der Waals surface area contributed by atoms with Crippen LogP contribution in [0.1, 0.15) is 0 Å². The van der Waals surface area contributed by atoms with E-state index < -0.39 is 0 Å². The number of aliphatic imine (C=N–C) groups is 1. The van der Waals surface area contributed by atoms with Crippen LogP contribution in [0.15, 0.2) is 23.2 Å². The second-order valence-corrected chi connectivity index (χ2v) is 4.30. The van der Waals surface area contributed by atoms with Crippen LogP contribution < -0.4 is 15.8 Å². The minimum atomic E-state index is 0.490. The van der Waals surface area contributed by atoms with Crippen molar-refractivity contribution in [3.63, 3.8) is 0 Å². The Labute approximate surface area is 101 Å². The van der Waals surface area contributed by atoms with Crippen LogP contribution >= 0.6 is 0 Å². The molecule has 0 aliphatic carbocycles. The van der Waals surface area contributed by atoms with Crippen LogP contribution in [0.5, 0.6) is 5.75 Å². The van der Waals surface area contributed by atoms with Crippen molar-refractivity contribution in [2.24, 2.45) is 4.99 Å². The zero-order valence-corrected chi connectivity index (χ0v) is 10.2. The van der Waals surface area contributed by atoms with Crippen molar-refractivity contribution in [2.75, 3.05) is 44.8 Å². The van der Waals surface area contributed by atoms with E-state index in [0.29, 0.717) is 6.61 Å². The van der Waals surface area contributed by atoms with E-state index in [1.165, 1.54) is 0 Å². The standard InChI is InChI=1S/C12H18N4O/c1-16(2)6-5-14-12-8-17-11-4-3-9(13)7-10(11)15-12/h3-4,7H,5-6,8,13H2,1-2H3,(H,14,15). The first-order chi connectivity index (χ1) is 8.15. The van der Waals surface area contributed by atoms with Gasteiger partial charge in [-0.25, -0.2) is 0 Å². The molecule has 1 aliphatic heterocycles. The Kier molecular flexibility index (Phi) is 3.49. The molecule has 1 aromatic carbocycles. The number of benzene rings is 1. The number of hydrogen-bond acceptors (Lipinski definition) is 4. The zero-order valence-electron chi connectivity index (χ0n) is 10.2. The van der Waals surface area contributed by atoms with Gasteiger partial charge in [0.1, 0.15) is 18.2 Å². The topological polar surface area (TPSA) is 62.9 Å². The van der Waals surface area contributed by atoms with Gasteiger partial charge in [-0.15, -0.1) is 0 Å². The van der Waals surface area contributed by atoms with Gasteiger partial charge < -0.3 is 20.7 Å². The minimum absolute atomic E-state index is 0.490. The summed E-state index contributed by atoms with van der Waals surface area (Å²) in [6.07, 6.45) is 0. The number of anilines is 2. The van der Waals surface area contributed by atoms with Gasteiger partial charge in [0, 0.05) is 12.2 Å². The third kappa shape index (κ3) is 3.10. The summed E-state index contributed by atoms with van der Waals surface area (Å²) in [6, 6.07) is 5.55. The molecule has 0 spiro atoms. The molecule has 1 aromatic rings. The molecule has 0 saturated carbocycles. The molecule has 17 heavy (non-hydrogen) atoms. The van der Waals surface area contributed by atoms with Gasteiger partial charge in [-0.1, -0.05) is 0 Å². The maximum absolute atomic E-state index is 5.73. The molecule has 92 valence electrons. The van der Waals surface area contributed by atoms with Gasteiger partial charge in [0.05, 0.1) is 12.2 Å². The Morgan fingerprint density at radius 3 is 3.06 bits per heavy atom. The zero-order chi connectivity index (χ0) is 12.3. The summed E-state index contributed by atoms with van der Waals surface area (Å²) in [5, 5.41) is 3.24. The first kappa shape index (κ1) is 11.7. The molecule has 0 unspecified atom stereocenters. The molecular weight excluding hydrogens is 216 g/mol. The van der Waals surface area contributed by atoms with Crippen LogP contribution in [0, 0.1) is 0 Å². The van der Waals surface area contributed by atoms with E-state index in [2.05, 4.69) is 15.2 Å². The Morgan fingerprint density at radius 1 is 1.47 bits per heavy atom. The molecule has 3 N–H and O–H groups in total. The first-order valence-corrected chi connectivity index (χ1v) is 5.62. The third-order valence-corrected chi connectivity index (χ3v) is 2.50. The van der Waals surface area contributed by atoms with Crippen LogP contribution in [-0.2, 0) is 0 Å². The van der Waals surface area contributed by atoms with E-state index in [9.17, 15) is 0 Å². The lowest BCUT2D eigenvalue weighted by molar-refractivity contribution is 0.371. The van der Waals surface area contributed by atoms with E-state index in [4.69, 9.17) is 10.5 Å². The smallest absolute Gasteiger partial charge is 0.146 e. The lowest BCUT2D eigenvalue weighted by Gasteiger charge is -2.21. The van der Waals surface area contributed by atoms with Crippen LogP contribution in [0.4, 0.5) is 11.4 Å². The van der Waals surface area contributed by atoms with Gasteiger partial charge in [-0.3, -0.25) is 4.99 Å². The Bertz CT molecular complexity index is 429. The van der Waals surface area contributed by atoms with E-state index in [1.54, 1.807) is 0 Å². The number of nitrogens with one attached hydrogen (secondary N) is 1. The number of ether oxygens (including phenoxy) is 1. The van der Waals surface area contributed by atoms with Crippen molar-refractivity contribution in [3.8, 4) is 5.75 Å². The van der Waals surface area contributed by atoms with E-state index in [-0.39, 0.29) is 0 Å². The van der Waals surface area contributed by atoms with Crippen molar-refractivity contribution in [3.05, 3.63) is 18.2 Å². The average molecular weight is 234 g/mol. The van der Waals surface area contributed by atoms with Crippen molar-refractivity contribution in [2.45, 2.75) is 0 Å². The summed E-state index contributed by atoms with van der Waals surface area (Å²) in [5.74, 6) is 1.68. The van der Waals surface area contributed by atoms with Crippen LogP contribution in [-0.4, -0.2) is 44.5 Å². The summed E-state index contributed by atoms with van der Waals surface area (Å²) < 4.78 is 5.59. The molecule has 5 nitrogen and oxygen atoms in total. The highest BCUT2D eigenvalue weighted by atomic mass is 16.5. The third-order valence-electron chi connectivity index (χ3n) is 2.50. The Balaban J connectivity index is 2.02. The SMILES string of the molecule is CN(C)CCN=C1COc2ccc(N)cc2N1. The molecule has 2 rings (SSSR count). The highest BCUT2D eigenvalue weighted by molar-refractivity contribution is 5.99. The van der Waals surface area contributed by atoms with Crippen molar-refractivity contribution in [1.82, 2.24) is 4.90 Å². The van der Waals surface area contributed by atoms with Gasteiger partial charge in [-0.05, 0) is 32.3 Å². The summed E-state index contributed by atoms with van der Waals surface area (Å²) in [4.78, 5) is 6.55. The average Bonchev–Trinajstić information content (AvgIpc) is 2.28. The Hall–Kier alpha value is -1.75. The Morgan fingerprint density at radius 2 is 2.29 bits per heavy atom. The fourth-order valence-corrected chi connectivity index (χ4v) is 1.58. The highest BCUT2D eigenvalue weighted by Crippen LogP contribution is 2.29. The molecule has 0 aromatic heterocycles. The number of nitrogen functional groups attached to an aromatic ring is 1. The first-order valence-electron chi connectivity index (χ1n) is 5.62. The molecule has 0 amide bonds. The molecule has 1 aliphatic rings. The van der Waals surface area contributed by atoms with Crippen LogP contribution in [0.3, 0.4) is 0 Å². The summed E-state index contributed by atoms with van der Waals surface area (Å²) >= 11 is 0. The maximum Gasteiger partial charge on any atom is 0.146 e. The molecule has 1 heterocycles. The predicted molar refractivity (Wildman–Crippen MR) is 70.8 cm³/mol. The molecule has 0 atom stereocenters. The molecule has 0 fully saturated rings. The molecule has 0 radical (unpaired) electrons. The number of rotatable bonds is 3. The largest absolute Gasteiger partial charge is 0.484 e. The summed E-state index contributed by atoms with van der Waals surface area (Å²) in [5.41, 5.74) is 7.33. The fraction of sp³-hybridized carbons (Fsp3) is 0.417. The molecular formula is C12H18N4O. The van der Waals surface area contributed by atoms with Gasteiger partial charge >= 0.3 is 0 Å². The summed E-state index contributed by atoms with van der Waals surface area (Å²) in [7, 11) is 4.06. The van der Waals surface area contributed by atoms with E-state index >= 15 is 0 Å². The number of fused-ring (bicyclic) bond motifs is 1. The monoisotopic (exact) mass is 234 g/mol. The van der Waals surface area contributed by atoms with Gasteiger partial charge in [0.2, 0.25) is 0 Å². The second kappa shape index (κ2) is 5.05. The van der Waals surface area contributed by atoms with Crippen LogP contribution in [0.25, 0.3) is 0 Å². The lowest BCUT2D eigenvalue weighted by Crippen LogP contribution is -2.27. The quantitative estimate of drug-likeness (QED) is 0.767. The second-order valence-electron chi connectivity index (χ2n) is 4.30. The van der Waals surface area contributed by atoms with Gasteiger partial charge in [0.25, 0.3) is 0 Å². The van der Waals surface area contributed by atoms with Gasteiger partial charge in [0.15, 0.2) is 0 Å². The number of likely N-dealkylation sites (N-methyl/N-ethyl adjacent to an activating group) is 1. The van der Waals surface area contributed by atoms with Gasteiger partial charge in [-0.2, -0.15) is 0 Å². The maximum atomic E-state index is 5.73. The van der Waals surface area contributed by atoms with Crippen molar-refractivity contribution in [1.29, 1.82) is 0 Å². The van der Waals surface area contributed by atoms with E-state index in [1.807, 2.05) is 32.3 Å². The number of amidine groups is 1. The predicted octanol–water partition coefficient (Wildman–Crippen LogP) is 1.03. The molecule has 0 saturated heterocycles. The highest BCUT2D eigenvalue weighted by Gasteiger charge is 2.13. The molecule has 5 heteroatoms. The van der Waals surface area contributed by atoms with Crippen LogP contribution in [0.2, 0.25) is 0 Å². The number of hydrogen-bond donors (Lipinski definition) is 2. The summed E-state index contributed by atoms with van der Waals surface area (Å²) in [6.45, 7) is 2.18. The normalized spacial score (nSPS) is 16.5.